The quantitative estimate of drug-likeness (QED) is 0.820. The Morgan fingerprint density at radius 1 is 1.00 bits per heavy atom. The van der Waals surface area contributed by atoms with E-state index in [9.17, 15) is 5.11 Å². The summed E-state index contributed by atoms with van der Waals surface area (Å²) in [4.78, 5) is 0. The monoisotopic (exact) mass is 210 g/mol. The van der Waals surface area contributed by atoms with Gasteiger partial charge in [0.2, 0.25) is 0 Å². The van der Waals surface area contributed by atoms with E-state index in [1.807, 2.05) is 30.3 Å². The van der Waals surface area contributed by atoms with E-state index in [4.69, 9.17) is 0 Å². The molecule has 16 heavy (non-hydrogen) atoms. The number of hydrogen-bond acceptors (Lipinski definition) is 1. The Morgan fingerprint density at radius 2 is 1.75 bits per heavy atom. The Hall–Kier alpha value is -2.02. The van der Waals surface area contributed by atoms with Crippen molar-refractivity contribution in [2.24, 2.45) is 0 Å². The van der Waals surface area contributed by atoms with Crippen LogP contribution in [0.5, 0.6) is 5.75 Å². The maximum atomic E-state index is 9.84. The van der Waals surface area contributed by atoms with E-state index in [0.717, 1.165) is 17.5 Å². The van der Waals surface area contributed by atoms with Crippen molar-refractivity contribution in [3.8, 4) is 5.75 Å². The van der Waals surface area contributed by atoms with Crippen molar-refractivity contribution in [2.75, 3.05) is 0 Å². The lowest BCUT2D eigenvalue weighted by Gasteiger charge is -2.08. The first-order chi connectivity index (χ1) is 7.81. The number of phenols is 1. The summed E-state index contributed by atoms with van der Waals surface area (Å²) in [7, 11) is 0. The third kappa shape index (κ3) is 2.14. The number of phenolic OH excluding ortho intramolecular Hbond substituents is 1. The van der Waals surface area contributed by atoms with Crippen LogP contribution in [0.1, 0.15) is 16.7 Å². The third-order valence-corrected chi connectivity index (χ3v) is 2.63. The smallest absolute Gasteiger partial charge is 0.119 e. The molecule has 1 N–H and O–H groups in total. The molecule has 0 atom stereocenters. The third-order valence-electron chi connectivity index (χ3n) is 2.63. The van der Waals surface area contributed by atoms with Gasteiger partial charge in [-0.05, 0) is 17.2 Å². The summed E-state index contributed by atoms with van der Waals surface area (Å²) in [6.07, 6.45) is 2.51. The first-order valence-electron chi connectivity index (χ1n) is 5.28. The predicted molar refractivity (Wildman–Crippen MR) is 67.4 cm³/mol. The minimum atomic E-state index is 0.334. The van der Waals surface area contributed by atoms with Crippen molar-refractivity contribution in [3.05, 3.63) is 71.8 Å². The van der Waals surface area contributed by atoms with E-state index in [-0.39, 0.29) is 0 Å². The lowest BCUT2D eigenvalue weighted by atomic mass is 9.99. The molecule has 0 heterocycles. The van der Waals surface area contributed by atoms with Gasteiger partial charge in [0.05, 0.1) is 0 Å². The van der Waals surface area contributed by atoms with Gasteiger partial charge >= 0.3 is 0 Å². The van der Waals surface area contributed by atoms with Crippen molar-refractivity contribution in [1.82, 2.24) is 0 Å². The summed E-state index contributed by atoms with van der Waals surface area (Å²) in [6.45, 7) is 3.76. The van der Waals surface area contributed by atoms with Gasteiger partial charge in [-0.25, -0.2) is 0 Å². The fourth-order valence-electron chi connectivity index (χ4n) is 1.78. The average Bonchev–Trinajstić information content (AvgIpc) is 2.33. The van der Waals surface area contributed by atoms with Crippen LogP contribution in [0.2, 0.25) is 0 Å². The van der Waals surface area contributed by atoms with Gasteiger partial charge in [-0.3, -0.25) is 0 Å². The highest BCUT2D eigenvalue weighted by Gasteiger charge is 2.05. The molecule has 0 fully saturated rings. The summed E-state index contributed by atoms with van der Waals surface area (Å²) in [5.74, 6) is 0.334. The van der Waals surface area contributed by atoms with Crippen LogP contribution in [-0.2, 0) is 6.42 Å². The molecule has 0 spiro atoms. The summed E-state index contributed by atoms with van der Waals surface area (Å²) in [5, 5.41) is 9.84. The Kier molecular flexibility index (Phi) is 3.06. The second-order valence-electron chi connectivity index (χ2n) is 3.71. The summed E-state index contributed by atoms with van der Waals surface area (Å²) < 4.78 is 0. The van der Waals surface area contributed by atoms with Crippen LogP contribution in [0, 0.1) is 0 Å². The van der Waals surface area contributed by atoms with Crippen molar-refractivity contribution in [1.29, 1.82) is 0 Å². The molecule has 0 saturated carbocycles. The molecule has 2 aromatic carbocycles. The number of hydrogen-bond donors (Lipinski definition) is 1. The Labute approximate surface area is 95.7 Å². The number of aromatic hydroxyl groups is 1. The van der Waals surface area contributed by atoms with Crippen molar-refractivity contribution < 1.29 is 5.11 Å². The molecular weight excluding hydrogens is 196 g/mol. The van der Waals surface area contributed by atoms with E-state index in [0.29, 0.717) is 5.75 Å². The van der Waals surface area contributed by atoms with Crippen LogP contribution < -0.4 is 0 Å². The molecule has 0 amide bonds. The number of benzene rings is 2. The molecule has 0 aliphatic carbocycles. The largest absolute Gasteiger partial charge is 0.508 e. The van der Waals surface area contributed by atoms with Gasteiger partial charge in [-0.2, -0.15) is 0 Å². The van der Waals surface area contributed by atoms with E-state index in [2.05, 4.69) is 18.7 Å². The summed E-state index contributed by atoms with van der Waals surface area (Å²) in [5.41, 5.74) is 3.11. The lowest BCUT2D eigenvalue weighted by Crippen LogP contribution is -1.92. The van der Waals surface area contributed by atoms with Gasteiger partial charge < -0.3 is 5.11 Å². The lowest BCUT2D eigenvalue weighted by molar-refractivity contribution is 0.469. The van der Waals surface area contributed by atoms with Crippen molar-refractivity contribution >= 4 is 6.08 Å². The van der Waals surface area contributed by atoms with Crippen LogP contribution in [-0.4, -0.2) is 5.11 Å². The highest BCUT2D eigenvalue weighted by Crippen LogP contribution is 2.24. The summed E-state index contributed by atoms with van der Waals surface area (Å²) >= 11 is 0. The van der Waals surface area contributed by atoms with Crippen molar-refractivity contribution in [2.45, 2.75) is 6.42 Å². The van der Waals surface area contributed by atoms with Crippen LogP contribution in [0.4, 0.5) is 0 Å². The van der Waals surface area contributed by atoms with Crippen LogP contribution >= 0.6 is 0 Å². The molecule has 80 valence electrons. The van der Waals surface area contributed by atoms with Crippen LogP contribution in [0.3, 0.4) is 0 Å². The Morgan fingerprint density at radius 3 is 2.44 bits per heavy atom. The van der Waals surface area contributed by atoms with E-state index in [1.54, 1.807) is 12.1 Å². The zero-order valence-electron chi connectivity index (χ0n) is 9.06. The van der Waals surface area contributed by atoms with Gasteiger partial charge in [-0.1, -0.05) is 55.1 Å². The fraction of sp³-hybridized carbons (Fsp3) is 0.0667. The minimum absolute atomic E-state index is 0.334. The van der Waals surface area contributed by atoms with Gasteiger partial charge in [0.1, 0.15) is 5.75 Å². The first kappa shape index (κ1) is 10.5. The van der Waals surface area contributed by atoms with Crippen LogP contribution in [0.15, 0.2) is 55.1 Å². The normalized spacial score (nSPS) is 10.0. The molecule has 0 radical (unpaired) electrons. The number of rotatable bonds is 3. The zero-order valence-corrected chi connectivity index (χ0v) is 9.06. The maximum Gasteiger partial charge on any atom is 0.119 e. The van der Waals surface area contributed by atoms with E-state index in [1.165, 1.54) is 5.56 Å². The Balaban J connectivity index is 2.38. The zero-order chi connectivity index (χ0) is 11.4. The average molecular weight is 210 g/mol. The highest BCUT2D eigenvalue weighted by molar-refractivity contribution is 5.57. The molecule has 0 aliphatic rings. The Bertz CT molecular complexity index is 486. The molecule has 1 nitrogen and oxygen atoms in total. The van der Waals surface area contributed by atoms with Crippen LogP contribution in [0.25, 0.3) is 6.08 Å². The second-order valence-corrected chi connectivity index (χ2v) is 3.71. The molecule has 0 unspecified atom stereocenters. The van der Waals surface area contributed by atoms with Gasteiger partial charge in [0.25, 0.3) is 0 Å². The van der Waals surface area contributed by atoms with Gasteiger partial charge in [0.15, 0.2) is 0 Å². The van der Waals surface area contributed by atoms with Gasteiger partial charge in [-0.15, -0.1) is 0 Å². The molecule has 1 heteroatoms. The second kappa shape index (κ2) is 4.67. The van der Waals surface area contributed by atoms with E-state index < -0.39 is 0 Å². The molecule has 2 aromatic rings. The topological polar surface area (TPSA) is 20.2 Å². The molecule has 2 rings (SSSR count). The summed E-state index contributed by atoms with van der Waals surface area (Å²) in [6, 6.07) is 15.6. The van der Waals surface area contributed by atoms with Gasteiger partial charge in [0, 0.05) is 12.0 Å². The molecule has 0 bridgehead atoms. The van der Waals surface area contributed by atoms with Crippen molar-refractivity contribution in [3.63, 3.8) is 0 Å². The molecule has 0 aromatic heterocycles. The standard InChI is InChI=1S/C15H14O/c1-2-13-9-6-10-15(16)14(13)11-12-7-4-3-5-8-12/h2-10,16H,1,11H2. The maximum absolute atomic E-state index is 9.84. The van der Waals surface area contributed by atoms with E-state index >= 15 is 0 Å². The molecule has 0 saturated heterocycles. The fourth-order valence-corrected chi connectivity index (χ4v) is 1.78. The molecular formula is C15H14O. The predicted octanol–water partition coefficient (Wildman–Crippen LogP) is 3.63. The first-order valence-corrected chi connectivity index (χ1v) is 5.28. The minimum Gasteiger partial charge on any atom is -0.508 e. The SMILES string of the molecule is C=Cc1cccc(O)c1Cc1ccccc1. The molecule has 0 aliphatic heterocycles. The highest BCUT2D eigenvalue weighted by atomic mass is 16.3.